The van der Waals surface area contributed by atoms with E-state index in [0.717, 1.165) is 25.7 Å². The van der Waals surface area contributed by atoms with E-state index in [4.69, 9.17) is 5.11 Å². The summed E-state index contributed by atoms with van der Waals surface area (Å²) >= 11 is 0. The molecular formula is C15H24O4. The number of aliphatic hydroxyl groups is 2. The minimum Gasteiger partial charge on any atom is -0.478 e. The molecule has 0 spiro atoms. The largest absolute Gasteiger partial charge is 0.478 e. The molecule has 0 heterocycles. The van der Waals surface area contributed by atoms with Crippen molar-refractivity contribution in [2.45, 2.75) is 63.6 Å². The van der Waals surface area contributed by atoms with Gasteiger partial charge in [-0.1, -0.05) is 13.5 Å². The Kier molecular flexibility index (Phi) is 3.30. The molecule has 4 nitrogen and oxygen atoms in total. The molecule has 0 aliphatic heterocycles. The van der Waals surface area contributed by atoms with Crippen molar-refractivity contribution in [3.05, 3.63) is 12.2 Å². The lowest BCUT2D eigenvalue weighted by Crippen LogP contribution is -2.66. The van der Waals surface area contributed by atoms with Crippen LogP contribution >= 0.6 is 0 Å². The highest BCUT2D eigenvalue weighted by Gasteiger charge is 2.62. The first-order chi connectivity index (χ1) is 8.63. The van der Waals surface area contributed by atoms with Gasteiger partial charge in [-0.3, -0.25) is 0 Å². The Morgan fingerprint density at radius 3 is 2.42 bits per heavy atom. The second-order valence-corrected chi connectivity index (χ2v) is 6.82. The molecule has 4 heteroatoms. The molecule has 19 heavy (non-hydrogen) atoms. The molecule has 0 aromatic rings. The van der Waals surface area contributed by atoms with Crippen LogP contribution in [0.3, 0.4) is 0 Å². The average molecular weight is 268 g/mol. The lowest BCUT2D eigenvalue weighted by Gasteiger charge is -2.60. The number of aliphatic carboxylic acids is 1. The minimum absolute atomic E-state index is 0.150. The summed E-state index contributed by atoms with van der Waals surface area (Å²) in [4.78, 5) is 11.1. The summed E-state index contributed by atoms with van der Waals surface area (Å²) in [5, 5.41) is 30.8. The quantitative estimate of drug-likeness (QED) is 0.670. The van der Waals surface area contributed by atoms with E-state index in [1.807, 2.05) is 6.92 Å². The standard InChI is InChI=1S/C15H24O4/c1-10(12(16)17)11-5-8-13(2)6-4-7-14(3,18)15(13,19)9-11/h11,18-19H,1,4-9H2,2-3H3,(H,16,17)/t11-,13-,14-,15+/m1/s1. The molecule has 2 aliphatic carbocycles. The van der Waals surface area contributed by atoms with Gasteiger partial charge in [0.2, 0.25) is 0 Å². The molecule has 0 bridgehead atoms. The fourth-order valence-corrected chi connectivity index (χ4v) is 4.11. The average Bonchev–Trinajstić information content (AvgIpc) is 2.30. The summed E-state index contributed by atoms with van der Waals surface area (Å²) in [5.41, 5.74) is -2.56. The van der Waals surface area contributed by atoms with Crippen LogP contribution in [0.5, 0.6) is 0 Å². The highest BCUT2D eigenvalue weighted by atomic mass is 16.4. The van der Waals surface area contributed by atoms with E-state index in [9.17, 15) is 15.0 Å². The van der Waals surface area contributed by atoms with Crippen LogP contribution in [0.25, 0.3) is 0 Å². The highest BCUT2D eigenvalue weighted by Crippen LogP contribution is 2.58. The van der Waals surface area contributed by atoms with E-state index in [1.165, 1.54) is 0 Å². The molecule has 2 aliphatic rings. The van der Waals surface area contributed by atoms with E-state index in [2.05, 4.69) is 6.58 Å². The van der Waals surface area contributed by atoms with Crippen molar-refractivity contribution in [1.29, 1.82) is 0 Å². The molecule has 0 radical (unpaired) electrons. The number of fused-ring (bicyclic) bond motifs is 1. The fraction of sp³-hybridized carbons (Fsp3) is 0.800. The topological polar surface area (TPSA) is 77.8 Å². The van der Waals surface area contributed by atoms with Crippen LogP contribution in [0.1, 0.15) is 52.4 Å². The van der Waals surface area contributed by atoms with Crippen LogP contribution in [-0.4, -0.2) is 32.5 Å². The molecule has 0 aromatic heterocycles. The zero-order chi connectivity index (χ0) is 14.5. The first-order valence-corrected chi connectivity index (χ1v) is 7.00. The third kappa shape index (κ3) is 2.01. The third-order valence-electron chi connectivity index (χ3n) is 5.64. The Hall–Kier alpha value is -0.870. The van der Waals surface area contributed by atoms with E-state index in [1.54, 1.807) is 6.92 Å². The second kappa shape index (κ2) is 4.32. The van der Waals surface area contributed by atoms with Gasteiger partial charge in [0.05, 0.1) is 11.2 Å². The van der Waals surface area contributed by atoms with Crippen LogP contribution in [0.2, 0.25) is 0 Å². The van der Waals surface area contributed by atoms with Gasteiger partial charge in [-0.15, -0.1) is 0 Å². The summed E-state index contributed by atoms with van der Waals surface area (Å²) < 4.78 is 0. The Morgan fingerprint density at radius 2 is 1.84 bits per heavy atom. The van der Waals surface area contributed by atoms with Gasteiger partial charge in [-0.2, -0.15) is 0 Å². The number of hydrogen-bond acceptors (Lipinski definition) is 3. The lowest BCUT2D eigenvalue weighted by atomic mass is 9.50. The summed E-state index contributed by atoms with van der Waals surface area (Å²) in [6.45, 7) is 7.32. The third-order valence-corrected chi connectivity index (χ3v) is 5.64. The van der Waals surface area contributed by atoms with Crippen molar-refractivity contribution in [3.8, 4) is 0 Å². The SMILES string of the molecule is C=C(C(=O)O)[C@@H]1CC[C@@]2(C)CCC[C@@](C)(O)[C@]2(O)C1. The van der Waals surface area contributed by atoms with E-state index in [-0.39, 0.29) is 16.9 Å². The highest BCUT2D eigenvalue weighted by molar-refractivity contribution is 5.86. The predicted molar refractivity (Wildman–Crippen MR) is 71.6 cm³/mol. The Bertz CT molecular complexity index is 414. The summed E-state index contributed by atoms with van der Waals surface area (Å²) in [5.74, 6) is -1.26. The molecule has 0 amide bonds. The molecule has 3 N–H and O–H groups in total. The molecule has 0 aromatic carbocycles. The summed E-state index contributed by atoms with van der Waals surface area (Å²) in [6.07, 6.45) is 4.09. The first-order valence-electron chi connectivity index (χ1n) is 7.00. The van der Waals surface area contributed by atoms with Gasteiger partial charge in [0.15, 0.2) is 0 Å². The van der Waals surface area contributed by atoms with Gasteiger partial charge in [0, 0.05) is 5.57 Å². The normalized spacial score (nSPS) is 46.4. The molecule has 2 fully saturated rings. The Balaban J connectivity index is 2.32. The number of carbonyl (C=O) groups is 1. The van der Waals surface area contributed by atoms with Gasteiger partial charge in [0.1, 0.15) is 0 Å². The van der Waals surface area contributed by atoms with Crippen LogP contribution in [0, 0.1) is 11.3 Å². The molecule has 0 saturated heterocycles. The van der Waals surface area contributed by atoms with Crippen molar-refractivity contribution in [1.82, 2.24) is 0 Å². The molecule has 4 atom stereocenters. The van der Waals surface area contributed by atoms with Gasteiger partial charge >= 0.3 is 5.97 Å². The van der Waals surface area contributed by atoms with E-state index < -0.39 is 17.2 Å². The van der Waals surface area contributed by atoms with Crippen LogP contribution in [0.4, 0.5) is 0 Å². The van der Waals surface area contributed by atoms with Crippen molar-refractivity contribution in [2.24, 2.45) is 11.3 Å². The first kappa shape index (κ1) is 14.5. The molecule has 2 saturated carbocycles. The van der Waals surface area contributed by atoms with Crippen molar-refractivity contribution in [3.63, 3.8) is 0 Å². The molecule has 2 rings (SSSR count). The lowest BCUT2D eigenvalue weighted by molar-refractivity contribution is -0.249. The fourth-order valence-electron chi connectivity index (χ4n) is 4.11. The maximum Gasteiger partial charge on any atom is 0.331 e. The monoisotopic (exact) mass is 268 g/mol. The Labute approximate surface area is 114 Å². The maximum absolute atomic E-state index is 11.1. The smallest absolute Gasteiger partial charge is 0.331 e. The van der Waals surface area contributed by atoms with Gasteiger partial charge in [-0.05, 0) is 56.8 Å². The van der Waals surface area contributed by atoms with Crippen LogP contribution in [0.15, 0.2) is 12.2 Å². The number of rotatable bonds is 2. The molecular weight excluding hydrogens is 244 g/mol. The predicted octanol–water partition coefficient (Wildman–Crippen LogP) is 2.10. The van der Waals surface area contributed by atoms with Gasteiger partial charge in [-0.25, -0.2) is 4.79 Å². The molecule has 0 unspecified atom stereocenters. The van der Waals surface area contributed by atoms with E-state index >= 15 is 0 Å². The summed E-state index contributed by atoms with van der Waals surface area (Å²) in [6, 6.07) is 0. The zero-order valence-electron chi connectivity index (χ0n) is 11.8. The van der Waals surface area contributed by atoms with Crippen LogP contribution in [-0.2, 0) is 4.79 Å². The van der Waals surface area contributed by atoms with Crippen molar-refractivity contribution < 1.29 is 20.1 Å². The van der Waals surface area contributed by atoms with Crippen molar-refractivity contribution in [2.75, 3.05) is 0 Å². The second-order valence-electron chi connectivity index (χ2n) is 6.82. The number of carboxylic acids is 1. The summed E-state index contributed by atoms with van der Waals surface area (Å²) in [7, 11) is 0. The van der Waals surface area contributed by atoms with Gasteiger partial charge in [0.25, 0.3) is 0 Å². The number of carboxylic acid groups (broad SMARTS) is 1. The minimum atomic E-state index is -1.22. The van der Waals surface area contributed by atoms with Gasteiger partial charge < -0.3 is 15.3 Å². The zero-order valence-corrected chi connectivity index (χ0v) is 11.8. The van der Waals surface area contributed by atoms with Crippen LogP contribution < -0.4 is 0 Å². The Morgan fingerprint density at radius 1 is 1.21 bits per heavy atom. The van der Waals surface area contributed by atoms with E-state index in [0.29, 0.717) is 12.8 Å². The maximum atomic E-state index is 11.1. The number of hydrogen-bond donors (Lipinski definition) is 3. The molecule has 108 valence electrons. The van der Waals surface area contributed by atoms with Crippen molar-refractivity contribution >= 4 is 5.97 Å².